The summed E-state index contributed by atoms with van der Waals surface area (Å²) in [6.07, 6.45) is 0.717. The second-order valence-corrected chi connectivity index (χ2v) is 3.85. The maximum Gasteiger partial charge on any atom is 0.337 e. The van der Waals surface area contributed by atoms with Crippen LogP contribution in [0, 0.1) is 0 Å². The van der Waals surface area contributed by atoms with Crippen LogP contribution in [0.25, 0.3) is 0 Å². The smallest absolute Gasteiger partial charge is 0.337 e. The van der Waals surface area contributed by atoms with E-state index in [1.807, 2.05) is 0 Å². The van der Waals surface area contributed by atoms with Crippen LogP contribution in [0.5, 0.6) is 0 Å². The first-order chi connectivity index (χ1) is 8.06. The van der Waals surface area contributed by atoms with Crippen LogP contribution in [0.15, 0.2) is 18.2 Å². The maximum atomic E-state index is 11.3. The molecule has 0 radical (unpaired) electrons. The van der Waals surface area contributed by atoms with Gasteiger partial charge in [0, 0.05) is 11.4 Å². The van der Waals surface area contributed by atoms with Crippen molar-refractivity contribution >= 4 is 23.5 Å². The Kier molecular flexibility index (Phi) is 4.97. The topological polar surface area (TPSA) is 52.6 Å². The molecule has 5 heteroatoms. The Morgan fingerprint density at radius 2 is 1.88 bits per heavy atom. The second-order valence-electron chi connectivity index (χ2n) is 3.42. The van der Waals surface area contributed by atoms with Crippen molar-refractivity contribution in [2.45, 2.75) is 12.8 Å². The van der Waals surface area contributed by atoms with Crippen LogP contribution in [0.4, 0.5) is 0 Å². The lowest BCUT2D eigenvalue weighted by Crippen LogP contribution is -2.04. The molecule has 0 saturated heterocycles. The minimum Gasteiger partial charge on any atom is -0.469 e. The molecule has 0 aromatic heterocycles. The highest BCUT2D eigenvalue weighted by atomic mass is 35.5. The molecule has 92 valence electrons. The molecule has 17 heavy (non-hydrogen) atoms. The Bertz CT molecular complexity index is 429. The summed E-state index contributed by atoms with van der Waals surface area (Å²) in [5.74, 6) is -0.753. The highest BCUT2D eigenvalue weighted by Gasteiger charge is 2.09. The predicted octanol–water partition coefficient (Wildman–Crippen LogP) is 2.23. The lowest BCUT2D eigenvalue weighted by atomic mass is 10.1. The van der Waals surface area contributed by atoms with E-state index in [-0.39, 0.29) is 12.4 Å². The van der Waals surface area contributed by atoms with Gasteiger partial charge in [0.1, 0.15) is 0 Å². The summed E-state index contributed by atoms with van der Waals surface area (Å²) in [7, 11) is 2.64. The molecule has 1 aromatic rings. The Morgan fingerprint density at radius 1 is 1.18 bits per heavy atom. The lowest BCUT2D eigenvalue weighted by molar-refractivity contribution is -0.140. The minimum absolute atomic E-state index is 0.247. The molecule has 0 amide bonds. The third kappa shape index (κ3) is 4.07. The normalized spacial score (nSPS) is 9.82. The summed E-state index contributed by atoms with van der Waals surface area (Å²) in [6, 6.07) is 4.88. The molecular weight excluding hydrogens is 244 g/mol. The Morgan fingerprint density at radius 3 is 2.47 bits per heavy atom. The molecule has 0 aliphatic heterocycles. The average Bonchev–Trinajstić information content (AvgIpc) is 2.34. The largest absolute Gasteiger partial charge is 0.469 e. The zero-order chi connectivity index (χ0) is 12.8. The standard InChI is InChI=1S/C12H13ClO4/c1-16-11(14)4-3-8-5-9(12(15)17-2)7-10(13)6-8/h5-7H,3-4H2,1-2H3. The predicted molar refractivity (Wildman–Crippen MR) is 63.1 cm³/mol. The van der Waals surface area contributed by atoms with Gasteiger partial charge < -0.3 is 9.47 Å². The molecule has 0 spiro atoms. The van der Waals surface area contributed by atoms with Crippen LogP contribution < -0.4 is 0 Å². The fourth-order valence-electron chi connectivity index (χ4n) is 1.38. The molecule has 0 atom stereocenters. The maximum absolute atomic E-state index is 11.3. The fraction of sp³-hybridized carbons (Fsp3) is 0.333. The highest BCUT2D eigenvalue weighted by molar-refractivity contribution is 6.31. The summed E-state index contributed by atoms with van der Waals surface area (Å²) in [5, 5.41) is 0.438. The van der Waals surface area contributed by atoms with Crippen molar-refractivity contribution in [2.24, 2.45) is 0 Å². The number of carbonyl (C=O) groups is 2. The van der Waals surface area contributed by atoms with Crippen LogP contribution in [0.3, 0.4) is 0 Å². The molecule has 1 rings (SSSR count). The van der Waals surface area contributed by atoms with Crippen molar-refractivity contribution in [3.05, 3.63) is 34.3 Å². The van der Waals surface area contributed by atoms with Gasteiger partial charge >= 0.3 is 11.9 Å². The molecule has 0 fully saturated rings. The van der Waals surface area contributed by atoms with Crippen LogP contribution >= 0.6 is 11.6 Å². The summed E-state index contributed by atoms with van der Waals surface area (Å²) in [4.78, 5) is 22.3. The first-order valence-electron chi connectivity index (χ1n) is 5.01. The van der Waals surface area contributed by atoms with Gasteiger partial charge in [-0.15, -0.1) is 0 Å². The van der Waals surface area contributed by atoms with E-state index in [0.29, 0.717) is 17.0 Å². The first kappa shape index (κ1) is 13.5. The molecule has 0 aliphatic rings. The molecule has 0 saturated carbocycles. The Labute approximate surface area is 104 Å². The molecule has 0 N–H and O–H groups in total. The van der Waals surface area contributed by atoms with Crippen molar-refractivity contribution in [3.63, 3.8) is 0 Å². The second kappa shape index (κ2) is 6.25. The van der Waals surface area contributed by atoms with Gasteiger partial charge in [-0.25, -0.2) is 4.79 Å². The number of benzene rings is 1. The zero-order valence-corrected chi connectivity index (χ0v) is 10.4. The number of carbonyl (C=O) groups excluding carboxylic acids is 2. The third-order valence-corrected chi connectivity index (χ3v) is 2.44. The van der Waals surface area contributed by atoms with Crippen molar-refractivity contribution in [1.29, 1.82) is 0 Å². The Balaban J connectivity index is 2.82. The third-order valence-electron chi connectivity index (χ3n) is 2.22. The average molecular weight is 257 g/mol. The number of esters is 2. The minimum atomic E-state index is -0.452. The van der Waals surface area contributed by atoms with E-state index in [1.54, 1.807) is 12.1 Å². The van der Waals surface area contributed by atoms with Gasteiger partial charge in [0.15, 0.2) is 0 Å². The Hall–Kier alpha value is -1.55. The number of aryl methyl sites for hydroxylation is 1. The number of hydrogen-bond donors (Lipinski definition) is 0. The van der Waals surface area contributed by atoms with Gasteiger partial charge in [-0.1, -0.05) is 11.6 Å². The van der Waals surface area contributed by atoms with Gasteiger partial charge in [0.25, 0.3) is 0 Å². The van der Waals surface area contributed by atoms with Gasteiger partial charge in [-0.3, -0.25) is 4.79 Å². The van der Waals surface area contributed by atoms with Crippen molar-refractivity contribution in [1.82, 2.24) is 0 Å². The van der Waals surface area contributed by atoms with E-state index < -0.39 is 5.97 Å². The van der Waals surface area contributed by atoms with Gasteiger partial charge in [-0.2, -0.15) is 0 Å². The van der Waals surface area contributed by atoms with Gasteiger partial charge in [0.2, 0.25) is 0 Å². The molecule has 1 aromatic carbocycles. The molecule has 0 heterocycles. The number of hydrogen-bond acceptors (Lipinski definition) is 4. The van der Waals surface area contributed by atoms with E-state index in [9.17, 15) is 9.59 Å². The number of halogens is 1. The number of rotatable bonds is 4. The number of methoxy groups -OCH3 is 2. The molecule has 0 unspecified atom stereocenters. The molecule has 0 aliphatic carbocycles. The van der Waals surface area contributed by atoms with E-state index in [4.69, 9.17) is 11.6 Å². The monoisotopic (exact) mass is 256 g/mol. The molecular formula is C12H13ClO4. The van der Waals surface area contributed by atoms with E-state index >= 15 is 0 Å². The van der Waals surface area contributed by atoms with Crippen LogP contribution in [-0.2, 0) is 20.7 Å². The van der Waals surface area contributed by atoms with Crippen molar-refractivity contribution in [3.8, 4) is 0 Å². The van der Waals surface area contributed by atoms with E-state index in [1.165, 1.54) is 20.3 Å². The molecule has 0 bridgehead atoms. The van der Waals surface area contributed by atoms with Crippen molar-refractivity contribution < 1.29 is 19.1 Å². The van der Waals surface area contributed by atoms with Crippen LogP contribution in [0.1, 0.15) is 22.3 Å². The summed E-state index contributed by atoms with van der Waals surface area (Å²) >= 11 is 5.88. The number of ether oxygens (including phenoxy) is 2. The highest BCUT2D eigenvalue weighted by Crippen LogP contribution is 2.17. The summed E-state index contributed by atoms with van der Waals surface area (Å²) in [6.45, 7) is 0. The summed E-state index contributed by atoms with van der Waals surface area (Å²) in [5.41, 5.74) is 1.17. The molecule has 4 nitrogen and oxygen atoms in total. The van der Waals surface area contributed by atoms with Crippen LogP contribution in [-0.4, -0.2) is 26.2 Å². The van der Waals surface area contributed by atoms with Gasteiger partial charge in [0.05, 0.1) is 19.8 Å². The van der Waals surface area contributed by atoms with E-state index in [2.05, 4.69) is 9.47 Å². The van der Waals surface area contributed by atoms with Crippen molar-refractivity contribution in [2.75, 3.05) is 14.2 Å². The van der Waals surface area contributed by atoms with Gasteiger partial charge in [-0.05, 0) is 30.2 Å². The summed E-state index contributed by atoms with van der Waals surface area (Å²) < 4.78 is 9.14. The first-order valence-corrected chi connectivity index (χ1v) is 5.39. The lowest BCUT2D eigenvalue weighted by Gasteiger charge is -2.05. The SMILES string of the molecule is COC(=O)CCc1cc(Cl)cc(C(=O)OC)c1. The van der Waals surface area contributed by atoms with E-state index in [0.717, 1.165) is 5.56 Å². The van der Waals surface area contributed by atoms with Crippen LogP contribution in [0.2, 0.25) is 5.02 Å². The quantitative estimate of drug-likeness (QED) is 0.776. The zero-order valence-electron chi connectivity index (χ0n) is 9.66. The fourth-order valence-corrected chi connectivity index (χ4v) is 1.64.